The van der Waals surface area contributed by atoms with E-state index in [9.17, 15) is 18.1 Å². The third kappa shape index (κ3) is 4.48. The molecule has 0 aromatic heterocycles. The number of hydrogen-bond acceptors (Lipinski definition) is 7. The van der Waals surface area contributed by atoms with Gasteiger partial charge in [-0.1, -0.05) is 24.6 Å². The van der Waals surface area contributed by atoms with Crippen molar-refractivity contribution in [3.8, 4) is 6.07 Å². The fourth-order valence-electron chi connectivity index (χ4n) is 3.51. The standard InChI is InChI=1S/C19H22ClFN6O2S/c1-10-4-6-15(21)17(11(10)2)12(3)18(19-23-26-27-24-19)25-30(28,29)16-7-5-14(20)8-13(16)9-22/h4-8,12,18-19,23-27H,1-3H3/t12-,18+/m1/s1. The smallest absolute Gasteiger partial charge is 0.223 e. The molecule has 0 aliphatic carbocycles. The molecule has 1 saturated heterocycles. The molecule has 30 heavy (non-hydrogen) atoms. The molecular formula is C19H22ClFN6O2S. The average molecular weight is 453 g/mol. The third-order valence-electron chi connectivity index (χ3n) is 5.25. The number of benzene rings is 2. The van der Waals surface area contributed by atoms with Crippen LogP contribution >= 0.6 is 11.6 Å². The van der Waals surface area contributed by atoms with E-state index in [0.29, 0.717) is 5.56 Å². The van der Waals surface area contributed by atoms with Gasteiger partial charge in [-0.3, -0.25) is 0 Å². The van der Waals surface area contributed by atoms with Crippen LogP contribution in [0.15, 0.2) is 35.2 Å². The van der Waals surface area contributed by atoms with Crippen LogP contribution in [0.1, 0.15) is 35.1 Å². The maximum atomic E-state index is 14.7. The van der Waals surface area contributed by atoms with Gasteiger partial charge in [-0.2, -0.15) is 16.3 Å². The van der Waals surface area contributed by atoms with Crippen LogP contribution in [-0.2, 0) is 10.0 Å². The molecule has 5 N–H and O–H groups in total. The Morgan fingerprint density at radius 2 is 1.87 bits per heavy atom. The SMILES string of the molecule is Cc1ccc(F)c([C@@H](C)[C@H](NS(=O)(=O)c2ccc(Cl)cc2C#N)C2NNNN2)c1C. The molecule has 0 unspecified atom stereocenters. The lowest BCUT2D eigenvalue weighted by molar-refractivity contribution is 0.357. The van der Waals surface area contributed by atoms with Gasteiger partial charge in [-0.05, 0) is 54.8 Å². The van der Waals surface area contributed by atoms with Crippen molar-refractivity contribution in [3.05, 3.63) is 63.4 Å². The predicted molar refractivity (Wildman–Crippen MR) is 111 cm³/mol. The lowest BCUT2D eigenvalue weighted by atomic mass is 9.87. The Hall–Kier alpha value is -2.10. The Bertz CT molecular complexity index is 1100. The summed E-state index contributed by atoms with van der Waals surface area (Å²) in [6.07, 6.45) is -0.619. The maximum Gasteiger partial charge on any atom is 0.242 e. The molecule has 0 radical (unpaired) electrons. The molecule has 0 spiro atoms. The molecule has 1 heterocycles. The first kappa shape index (κ1) is 22.6. The Balaban J connectivity index is 2.04. The molecule has 11 heteroatoms. The first-order valence-corrected chi connectivity index (χ1v) is 11.0. The minimum Gasteiger partial charge on any atom is -0.223 e. The van der Waals surface area contributed by atoms with Gasteiger partial charge < -0.3 is 0 Å². The van der Waals surface area contributed by atoms with Gasteiger partial charge in [0.05, 0.1) is 16.5 Å². The summed E-state index contributed by atoms with van der Waals surface area (Å²) in [4.78, 5) is -0.202. The van der Waals surface area contributed by atoms with Gasteiger partial charge in [0.15, 0.2) is 0 Å². The number of nitrogens with one attached hydrogen (secondary N) is 5. The number of rotatable bonds is 6. The Morgan fingerprint density at radius 1 is 1.20 bits per heavy atom. The van der Waals surface area contributed by atoms with Crippen molar-refractivity contribution >= 4 is 21.6 Å². The van der Waals surface area contributed by atoms with E-state index in [1.807, 2.05) is 13.0 Å². The van der Waals surface area contributed by atoms with Crippen LogP contribution in [0.4, 0.5) is 4.39 Å². The number of nitriles is 1. The van der Waals surface area contributed by atoms with Gasteiger partial charge in [0, 0.05) is 10.9 Å². The summed E-state index contributed by atoms with van der Waals surface area (Å²) in [6, 6.07) is 8.04. The van der Waals surface area contributed by atoms with Crippen molar-refractivity contribution in [1.82, 2.24) is 26.6 Å². The summed E-state index contributed by atoms with van der Waals surface area (Å²) in [7, 11) is -4.13. The highest BCUT2D eigenvalue weighted by molar-refractivity contribution is 7.89. The lowest BCUT2D eigenvalue weighted by Gasteiger charge is -2.31. The second kappa shape index (κ2) is 8.95. The van der Waals surface area contributed by atoms with Gasteiger partial charge in [-0.15, -0.1) is 0 Å². The van der Waals surface area contributed by atoms with Crippen LogP contribution in [0.2, 0.25) is 5.02 Å². The van der Waals surface area contributed by atoms with E-state index in [1.165, 1.54) is 24.3 Å². The summed E-state index contributed by atoms with van der Waals surface area (Å²) >= 11 is 5.89. The molecule has 1 fully saturated rings. The highest BCUT2D eigenvalue weighted by Crippen LogP contribution is 2.30. The van der Waals surface area contributed by atoms with Crippen molar-refractivity contribution in [3.63, 3.8) is 0 Å². The van der Waals surface area contributed by atoms with E-state index >= 15 is 0 Å². The Labute approximate surface area is 179 Å². The molecular weight excluding hydrogens is 431 g/mol. The summed E-state index contributed by atoms with van der Waals surface area (Å²) in [5.74, 6) is -0.984. The van der Waals surface area contributed by atoms with Crippen molar-refractivity contribution in [2.45, 2.75) is 43.8 Å². The Kier molecular flexibility index (Phi) is 6.74. The molecule has 0 saturated carbocycles. The fraction of sp³-hybridized carbons (Fsp3) is 0.316. The second-order valence-corrected chi connectivity index (χ2v) is 9.23. The van der Waals surface area contributed by atoms with E-state index in [4.69, 9.17) is 11.6 Å². The van der Waals surface area contributed by atoms with Crippen molar-refractivity contribution in [2.24, 2.45) is 0 Å². The van der Waals surface area contributed by atoms with Gasteiger partial charge >= 0.3 is 0 Å². The molecule has 8 nitrogen and oxygen atoms in total. The number of sulfonamides is 1. The predicted octanol–water partition coefficient (Wildman–Crippen LogP) is 1.86. The number of hydrogen-bond donors (Lipinski definition) is 5. The molecule has 1 aliphatic heterocycles. The fourth-order valence-corrected chi connectivity index (χ4v) is 5.15. The van der Waals surface area contributed by atoms with Gasteiger partial charge in [0.1, 0.15) is 18.1 Å². The van der Waals surface area contributed by atoms with Crippen LogP contribution in [-0.4, -0.2) is 20.6 Å². The van der Waals surface area contributed by atoms with Crippen molar-refractivity contribution in [1.29, 1.82) is 5.26 Å². The molecule has 3 rings (SSSR count). The second-order valence-electron chi connectivity index (χ2n) is 7.11. The molecule has 1 aliphatic rings. The van der Waals surface area contributed by atoms with Crippen molar-refractivity contribution < 1.29 is 12.8 Å². The van der Waals surface area contributed by atoms with Crippen LogP contribution < -0.4 is 26.6 Å². The summed E-state index contributed by atoms with van der Waals surface area (Å²) in [6.45, 7) is 5.41. The van der Waals surface area contributed by atoms with Gasteiger partial charge in [0.25, 0.3) is 0 Å². The van der Waals surface area contributed by atoms with E-state index in [0.717, 1.165) is 11.1 Å². The summed E-state index contributed by atoms with van der Waals surface area (Å²) in [5.41, 5.74) is 13.0. The van der Waals surface area contributed by atoms with Crippen LogP contribution in [0.25, 0.3) is 0 Å². The molecule has 0 bridgehead atoms. The van der Waals surface area contributed by atoms with E-state index < -0.39 is 34.0 Å². The monoisotopic (exact) mass is 452 g/mol. The van der Waals surface area contributed by atoms with Gasteiger partial charge in [-0.25, -0.2) is 28.4 Å². The van der Waals surface area contributed by atoms with Crippen LogP contribution in [0.3, 0.4) is 0 Å². The average Bonchev–Trinajstić information content (AvgIpc) is 3.23. The zero-order valence-electron chi connectivity index (χ0n) is 16.5. The lowest BCUT2D eigenvalue weighted by Crippen LogP contribution is -2.55. The van der Waals surface area contributed by atoms with Crippen molar-refractivity contribution in [2.75, 3.05) is 0 Å². The number of halogens is 2. The molecule has 2 aromatic carbocycles. The quantitative estimate of drug-likeness (QED) is 0.454. The Morgan fingerprint density at radius 3 is 2.50 bits per heavy atom. The first-order chi connectivity index (χ1) is 14.2. The van der Waals surface area contributed by atoms with Crippen LogP contribution in [0.5, 0.6) is 0 Å². The number of aryl methyl sites for hydroxylation is 1. The van der Waals surface area contributed by atoms with E-state index in [1.54, 1.807) is 19.9 Å². The molecule has 2 aromatic rings. The molecule has 160 valence electrons. The molecule has 2 atom stereocenters. The van der Waals surface area contributed by atoms with Gasteiger partial charge in [0.2, 0.25) is 10.0 Å². The molecule has 0 amide bonds. The summed E-state index contributed by atoms with van der Waals surface area (Å²) in [5, 5.41) is 9.60. The minimum absolute atomic E-state index is 0.0806. The minimum atomic E-state index is -4.13. The highest BCUT2D eigenvalue weighted by Gasteiger charge is 2.36. The first-order valence-electron chi connectivity index (χ1n) is 9.14. The van der Waals surface area contributed by atoms with E-state index in [2.05, 4.69) is 26.6 Å². The highest BCUT2D eigenvalue weighted by atomic mass is 35.5. The number of nitrogens with zero attached hydrogens (tertiary/aromatic N) is 1. The van der Waals surface area contributed by atoms with E-state index in [-0.39, 0.29) is 15.5 Å². The zero-order valence-corrected chi connectivity index (χ0v) is 18.1. The number of hydrazine groups is 3. The van der Waals surface area contributed by atoms with Crippen LogP contribution in [0, 0.1) is 31.0 Å². The maximum absolute atomic E-state index is 14.7. The summed E-state index contributed by atoms with van der Waals surface area (Å²) < 4.78 is 43.7. The largest absolute Gasteiger partial charge is 0.242 e. The zero-order chi connectivity index (χ0) is 22.1. The third-order valence-corrected chi connectivity index (χ3v) is 7.00. The topological polar surface area (TPSA) is 118 Å². The normalized spacial score (nSPS) is 16.9.